The summed E-state index contributed by atoms with van der Waals surface area (Å²) in [6, 6.07) is 1.95. The molecule has 0 aliphatic carbocycles. The van der Waals surface area contributed by atoms with Crippen LogP contribution in [-0.4, -0.2) is 85.4 Å². The molecule has 1 aromatic rings. The summed E-state index contributed by atoms with van der Waals surface area (Å²) in [4.78, 5) is 9.22. The number of likely N-dealkylation sites (N-methyl/N-ethyl adjacent to an activating group) is 1. The normalized spacial score (nSPS) is 17.2. The zero-order chi connectivity index (χ0) is 16.3. The van der Waals surface area contributed by atoms with E-state index >= 15 is 0 Å². The summed E-state index contributed by atoms with van der Waals surface area (Å²) >= 11 is 0. The zero-order valence-electron chi connectivity index (χ0n) is 14.9. The maximum absolute atomic E-state index is 4.28. The van der Waals surface area contributed by atoms with Crippen LogP contribution < -0.4 is 10.6 Å². The number of hydrogen-bond acceptors (Lipinski definition) is 4. The first-order valence-electron chi connectivity index (χ1n) is 8.61. The fraction of sp³-hybridized carbons (Fsp3) is 0.750. The number of halogens is 1. The van der Waals surface area contributed by atoms with Crippen LogP contribution in [0.1, 0.15) is 12.8 Å². The molecule has 7 nitrogen and oxygen atoms in total. The number of rotatable bonds is 7. The van der Waals surface area contributed by atoms with Crippen LogP contribution in [0.5, 0.6) is 0 Å². The predicted octanol–water partition coefficient (Wildman–Crippen LogP) is 0.694. The van der Waals surface area contributed by atoms with Gasteiger partial charge in [0.15, 0.2) is 5.96 Å². The van der Waals surface area contributed by atoms with Gasteiger partial charge in [0, 0.05) is 58.7 Å². The number of aryl methyl sites for hydroxylation is 1. The minimum absolute atomic E-state index is 0. The number of aromatic nitrogens is 2. The van der Waals surface area contributed by atoms with Gasteiger partial charge in [-0.3, -0.25) is 9.67 Å². The zero-order valence-corrected chi connectivity index (χ0v) is 17.3. The first-order chi connectivity index (χ1) is 11.3. The molecule has 8 heteroatoms. The third kappa shape index (κ3) is 8.29. The Morgan fingerprint density at radius 3 is 2.71 bits per heavy atom. The quantitative estimate of drug-likeness (QED) is 0.278. The van der Waals surface area contributed by atoms with Gasteiger partial charge in [-0.05, 0) is 39.0 Å². The van der Waals surface area contributed by atoms with Crippen molar-refractivity contribution in [2.24, 2.45) is 4.99 Å². The molecule has 0 bridgehead atoms. The lowest BCUT2D eigenvalue weighted by atomic mass is 10.4. The standard InChI is InChI=1S/C16H31N7.HI/c1-17-16(18-6-3-11-23-12-4-7-20-23)19-8-13-22-10-5-9-21(2)14-15-22;/h4,7,12H,3,5-6,8-11,13-15H2,1-2H3,(H2,17,18,19);1H. The van der Waals surface area contributed by atoms with Crippen LogP contribution in [-0.2, 0) is 6.54 Å². The van der Waals surface area contributed by atoms with Crippen LogP contribution in [0.25, 0.3) is 0 Å². The molecule has 0 saturated carbocycles. The molecule has 138 valence electrons. The highest BCUT2D eigenvalue weighted by molar-refractivity contribution is 14.0. The van der Waals surface area contributed by atoms with Crippen LogP contribution in [0.15, 0.2) is 23.5 Å². The molecule has 24 heavy (non-hydrogen) atoms. The van der Waals surface area contributed by atoms with Crippen molar-refractivity contribution in [1.29, 1.82) is 0 Å². The van der Waals surface area contributed by atoms with E-state index in [9.17, 15) is 0 Å². The lowest BCUT2D eigenvalue weighted by Gasteiger charge is -2.21. The number of nitrogens with zero attached hydrogens (tertiary/aromatic N) is 5. The van der Waals surface area contributed by atoms with Gasteiger partial charge in [-0.15, -0.1) is 24.0 Å². The Hall–Kier alpha value is -0.870. The molecule has 2 N–H and O–H groups in total. The number of guanidine groups is 1. The molecule has 0 radical (unpaired) electrons. The van der Waals surface area contributed by atoms with Gasteiger partial charge >= 0.3 is 0 Å². The highest BCUT2D eigenvalue weighted by Crippen LogP contribution is 1.99. The third-order valence-corrected chi connectivity index (χ3v) is 4.17. The van der Waals surface area contributed by atoms with Gasteiger partial charge in [0.25, 0.3) is 0 Å². The van der Waals surface area contributed by atoms with Crippen molar-refractivity contribution in [3.63, 3.8) is 0 Å². The fourth-order valence-corrected chi connectivity index (χ4v) is 2.76. The van der Waals surface area contributed by atoms with Crippen molar-refractivity contribution in [3.05, 3.63) is 18.5 Å². The molecule has 2 heterocycles. The van der Waals surface area contributed by atoms with Crippen molar-refractivity contribution < 1.29 is 0 Å². The average Bonchev–Trinajstić information content (AvgIpc) is 2.99. The Morgan fingerprint density at radius 2 is 1.96 bits per heavy atom. The Bertz CT molecular complexity index is 449. The summed E-state index contributed by atoms with van der Waals surface area (Å²) in [5, 5.41) is 11.0. The van der Waals surface area contributed by atoms with Crippen molar-refractivity contribution in [3.8, 4) is 0 Å². The summed E-state index contributed by atoms with van der Waals surface area (Å²) in [5.41, 5.74) is 0. The van der Waals surface area contributed by atoms with Crippen molar-refractivity contribution >= 4 is 29.9 Å². The second kappa shape index (κ2) is 12.5. The molecule has 0 atom stereocenters. The highest BCUT2D eigenvalue weighted by Gasteiger charge is 2.11. The topological polar surface area (TPSA) is 60.7 Å². The van der Waals surface area contributed by atoms with Gasteiger partial charge in [-0.25, -0.2) is 0 Å². The molecule has 0 aromatic carbocycles. The molecule has 1 aromatic heterocycles. The van der Waals surface area contributed by atoms with Crippen molar-refractivity contribution in [2.45, 2.75) is 19.4 Å². The van der Waals surface area contributed by atoms with E-state index in [1.807, 2.05) is 30.2 Å². The van der Waals surface area contributed by atoms with E-state index in [2.05, 4.69) is 37.6 Å². The molecule has 1 fully saturated rings. The summed E-state index contributed by atoms with van der Waals surface area (Å²) in [6.45, 7) is 8.57. The maximum Gasteiger partial charge on any atom is 0.191 e. The molecule has 0 amide bonds. The maximum atomic E-state index is 4.28. The number of nitrogens with one attached hydrogen (secondary N) is 2. The second-order valence-corrected chi connectivity index (χ2v) is 6.05. The fourth-order valence-electron chi connectivity index (χ4n) is 2.76. The van der Waals surface area contributed by atoms with E-state index in [0.29, 0.717) is 0 Å². The van der Waals surface area contributed by atoms with E-state index in [0.717, 1.165) is 45.1 Å². The van der Waals surface area contributed by atoms with E-state index in [4.69, 9.17) is 0 Å². The molecule has 0 unspecified atom stereocenters. The van der Waals surface area contributed by atoms with Crippen molar-refractivity contribution in [1.82, 2.24) is 30.2 Å². The van der Waals surface area contributed by atoms with Crippen LogP contribution in [0.3, 0.4) is 0 Å². The molecular weight excluding hydrogens is 417 g/mol. The van der Waals surface area contributed by atoms with Gasteiger partial charge in [0.2, 0.25) is 0 Å². The Morgan fingerprint density at radius 1 is 1.12 bits per heavy atom. The van der Waals surface area contributed by atoms with E-state index < -0.39 is 0 Å². The second-order valence-electron chi connectivity index (χ2n) is 6.05. The minimum Gasteiger partial charge on any atom is -0.356 e. The predicted molar refractivity (Wildman–Crippen MR) is 110 cm³/mol. The Kier molecular flexibility index (Phi) is 11.0. The lowest BCUT2D eigenvalue weighted by molar-refractivity contribution is 0.280. The van der Waals surface area contributed by atoms with Gasteiger partial charge in [0.1, 0.15) is 0 Å². The largest absolute Gasteiger partial charge is 0.356 e. The van der Waals surface area contributed by atoms with Gasteiger partial charge < -0.3 is 20.4 Å². The molecule has 0 spiro atoms. The van der Waals surface area contributed by atoms with Crippen LogP contribution in [0.4, 0.5) is 0 Å². The monoisotopic (exact) mass is 449 g/mol. The first kappa shape index (κ1) is 21.2. The lowest BCUT2D eigenvalue weighted by Crippen LogP contribution is -2.42. The Balaban J connectivity index is 0.00000288. The Labute approximate surface area is 162 Å². The third-order valence-electron chi connectivity index (χ3n) is 4.17. The van der Waals surface area contributed by atoms with Gasteiger partial charge in [-0.2, -0.15) is 5.10 Å². The molecule has 1 saturated heterocycles. The summed E-state index contributed by atoms with van der Waals surface area (Å²) in [7, 11) is 4.03. The highest BCUT2D eigenvalue weighted by atomic mass is 127. The van der Waals surface area contributed by atoms with Gasteiger partial charge in [-0.1, -0.05) is 0 Å². The number of aliphatic imine (C=N–C) groups is 1. The van der Waals surface area contributed by atoms with Gasteiger partial charge in [0.05, 0.1) is 0 Å². The smallest absolute Gasteiger partial charge is 0.191 e. The molecule has 1 aliphatic rings. The summed E-state index contributed by atoms with van der Waals surface area (Å²) in [5.74, 6) is 0.886. The summed E-state index contributed by atoms with van der Waals surface area (Å²) in [6.07, 6.45) is 6.10. The average molecular weight is 449 g/mol. The molecule has 2 rings (SSSR count). The van der Waals surface area contributed by atoms with Crippen molar-refractivity contribution in [2.75, 3.05) is 59.9 Å². The SMILES string of the molecule is CN=C(NCCCn1cccn1)NCCN1CCCN(C)CC1.I. The summed E-state index contributed by atoms with van der Waals surface area (Å²) < 4.78 is 1.95. The van der Waals surface area contributed by atoms with E-state index in [1.54, 1.807) is 0 Å². The molecule has 1 aliphatic heterocycles. The number of hydrogen-bond donors (Lipinski definition) is 2. The van der Waals surface area contributed by atoms with E-state index in [1.165, 1.54) is 26.1 Å². The first-order valence-corrected chi connectivity index (χ1v) is 8.61. The van der Waals surface area contributed by atoms with E-state index in [-0.39, 0.29) is 24.0 Å². The van der Waals surface area contributed by atoms with Crippen LogP contribution in [0.2, 0.25) is 0 Å². The minimum atomic E-state index is 0. The van der Waals surface area contributed by atoms with Crippen LogP contribution >= 0.6 is 24.0 Å². The molecular formula is C16H32IN7. The van der Waals surface area contributed by atoms with Crippen LogP contribution in [0, 0.1) is 0 Å².